The molecule has 2 heterocycles. The number of nitro groups is 1. The summed E-state index contributed by atoms with van der Waals surface area (Å²) in [6.45, 7) is 4.57. The number of carbonyl (C=O) groups is 2. The zero-order valence-electron chi connectivity index (χ0n) is 19.1. The highest BCUT2D eigenvalue weighted by atomic mass is 32.2. The summed E-state index contributed by atoms with van der Waals surface area (Å²) in [6.07, 6.45) is -0.348. The Morgan fingerprint density at radius 3 is 2.66 bits per heavy atom. The third-order valence-corrected chi connectivity index (χ3v) is 6.05. The van der Waals surface area contributed by atoms with Crippen LogP contribution in [0.1, 0.15) is 39.0 Å². The third kappa shape index (κ3) is 4.92. The molecule has 180 valence electrons. The molecule has 1 aromatic heterocycles. The van der Waals surface area contributed by atoms with Crippen molar-refractivity contribution in [2.24, 2.45) is 0 Å². The smallest absolute Gasteiger partial charge is 0.308 e. The number of esters is 1. The number of rotatable bonds is 6. The largest absolute Gasteiger partial charge is 0.447 e. The third-order valence-electron chi connectivity index (χ3n) is 5.01. The van der Waals surface area contributed by atoms with Crippen LogP contribution in [0.15, 0.2) is 47.6 Å². The van der Waals surface area contributed by atoms with E-state index in [2.05, 4.69) is 15.2 Å². The number of aromatic nitrogens is 3. The quantitative estimate of drug-likeness (QED) is 0.160. The van der Waals surface area contributed by atoms with Gasteiger partial charge in [-0.05, 0) is 18.6 Å². The van der Waals surface area contributed by atoms with Crippen LogP contribution < -0.4 is 14.4 Å². The molecule has 0 unspecified atom stereocenters. The van der Waals surface area contributed by atoms with E-state index in [1.54, 1.807) is 24.3 Å². The minimum Gasteiger partial charge on any atom is -0.447 e. The maximum absolute atomic E-state index is 13.0. The summed E-state index contributed by atoms with van der Waals surface area (Å²) < 4.78 is 11.6. The first-order chi connectivity index (χ1) is 16.8. The van der Waals surface area contributed by atoms with Gasteiger partial charge in [0.05, 0.1) is 16.2 Å². The van der Waals surface area contributed by atoms with Gasteiger partial charge < -0.3 is 9.47 Å². The van der Waals surface area contributed by atoms with E-state index in [-0.39, 0.29) is 22.9 Å². The molecular weight excluding hydrogens is 474 g/mol. The van der Waals surface area contributed by atoms with Crippen LogP contribution in [0.2, 0.25) is 0 Å². The van der Waals surface area contributed by atoms with Crippen molar-refractivity contribution < 1.29 is 24.0 Å². The first-order valence-electron chi connectivity index (χ1n) is 10.7. The summed E-state index contributed by atoms with van der Waals surface area (Å²) in [7, 11) is 0. The van der Waals surface area contributed by atoms with Crippen molar-refractivity contribution in [2.75, 3.05) is 10.7 Å². The van der Waals surface area contributed by atoms with Gasteiger partial charge in [0.2, 0.25) is 23.2 Å². The molecule has 1 aliphatic heterocycles. The Kier molecular flexibility index (Phi) is 6.92. The summed E-state index contributed by atoms with van der Waals surface area (Å²) >= 11 is 1.40. The molecule has 4 rings (SSSR count). The van der Waals surface area contributed by atoms with Crippen molar-refractivity contribution in [3.63, 3.8) is 0 Å². The molecule has 2 aromatic carbocycles. The molecule has 0 fully saturated rings. The average molecular weight is 496 g/mol. The number of hydrogen-bond acceptors (Lipinski definition) is 10. The highest BCUT2D eigenvalue weighted by molar-refractivity contribution is 7.99. The summed E-state index contributed by atoms with van der Waals surface area (Å²) in [6, 6.07) is 10.7. The van der Waals surface area contributed by atoms with Crippen LogP contribution in [-0.2, 0) is 9.59 Å². The minimum atomic E-state index is -1.25. The lowest BCUT2D eigenvalue weighted by molar-refractivity contribution is -0.385. The predicted octanol–water partition coefficient (Wildman–Crippen LogP) is 4.32. The highest BCUT2D eigenvalue weighted by Gasteiger charge is 2.37. The van der Waals surface area contributed by atoms with Gasteiger partial charge in [0.1, 0.15) is 5.75 Å². The molecule has 11 nitrogen and oxygen atoms in total. The maximum Gasteiger partial charge on any atom is 0.308 e. The van der Waals surface area contributed by atoms with Crippen LogP contribution in [-0.4, -0.2) is 37.7 Å². The van der Waals surface area contributed by atoms with E-state index < -0.39 is 23.0 Å². The van der Waals surface area contributed by atoms with Crippen LogP contribution in [0.3, 0.4) is 0 Å². The van der Waals surface area contributed by atoms with E-state index in [1.807, 2.05) is 6.92 Å². The van der Waals surface area contributed by atoms with E-state index in [0.717, 1.165) is 12.2 Å². The number of amides is 1. The number of hydrogen-bond donors (Lipinski definition) is 0. The van der Waals surface area contributed by atoms with E-state index in [4.69, 9.17) is 9.47 Å². The number of nitrogens with zero attached hydrogens (tertiary/aromatic N) is 5. The van der Waals surface area contributed by atoms with Gasteiger partial charge in [0.25, 0.3) is 5.69 Å². The number of fused-ring (bicyclic) bond motifs is 3. The first kappa shape index (κ1) is 24.1. The second-order valence-corrected chi connectivity index (χ2v) is 8.61. The summed E-state index contributed by atoms with van der Waals surface area (Å²) in [5, 5.41) is 20.4. The molecule has 1 amide bonds. The van der Waals surface area contributed by atoms with Crippen molar-refractivity contribution in [1.29, 1.82) is 0 Å². The molecule has 0 radical (unpaired) electrons. The van der Waals surface area contributed by atoms with Crippen LogP contribution in [0.25, 0.3) is 11.3 Å². The van der Waals surface area contributed by atoms with Crippen LogP contribution in [0.4, 0.5) is 11.4 Å². The molecule has 0 saturated heterocycles. The van der Waals surface area contributed by atoms with Gasteiger partial charge in [-0.2, -0.15) is 4.98 Å². The molecule has 12 heteroatoms. The Morgan fingerprint density at radius 2 is 1.97 bits per heavy atom. The summed E-state index contributed by atoms with van der Waals surface area (Å²) in [4.78, 5) is 41.5. The lowest BCUT2D eigenvalue weighted by atomic mass is 10.1. The zero-order chi connectivity index (χ0) is 25.1. The normalized spacial score (nSPS) is 14.3. The Morgan fingerprint density at radius 1 is 1.20 bits per heavy atom. The molecule has 0 saturated carbocycles. The number of nitro benzene ring substituents is 1. The lowest BCUT2D eigenvalue weighted by Gasteiger charge is -2.30. The Labute approximate surface area is 204 Å². The van der Waals surface area contributed by atoms with Crippen molar-refractivity contribution in [2.45, 2.75) is 38.6 Å². The molecule has 1 aliphatic rings. The Hall–Kier alpha value is -4.06. The highest BCUT2D eigenvalue weighted by Crippen LogP contribution is 2.45. The van der Waals surface area contributed by atoms with Gasteiger partial charge in [-0.1, -0.05) is 36.9 Å². The zero-order valence-corrected chi connectivity index (χ0v) is 19.9. The Bertz CT molecular complexity index is 1320. The predicted molar refractivity (Wildman–Crippen MR) is 127 cm³/mol. The van der Waals surface area contributed by atoms with Crippen molar-refractivity contribution in [3.8, 4) is 22.9 Å². The molecule has 3 aromatic rings. The molecule has 0 N–H and O–H groups in total. The minimum absolute atomic E-state index is 0.0166. The van der Waals surface area contributed by atoms with Crippen LogP contribution in [0.5, 0.6) is 11.6 Å². The molecular formula is C23H21N5O6S. The second kappa shape index (κ2) is 10.1. The van der Waals surface area contributed by atoms with Gasteiger partial charge >= 0.3 is 5.97 Å². The molecule has 0 aliphatic carbocycles. The van der Waals surface area contributed by atoms with Gasteiger partial charge in [0.15, 0.2) is 5.69 Å². The monoisotopic (exact) mass is 495 g/mol. The van der Waals surface area contributed by atoms with E-state index in [0.29, 0.717) is 22.1 Å². The van der Waals surface area contributed by atoms with E-state index in [9.17, 15) is 19.7 Å². The van der Waals surface area contributed by atoms with E-state index >= 15 is 0 Å². The standard InChI is InChI=1S/C23H21N5O6S/c1-4-11-35-23-24-21-20(25-26-23)16-7-5-6-8-18(16)27(13(2)29)22(34-21)17-12-15(28(31)32)9-10-19(17)33-14(3)30/h5-10,12,22H,4,11H2,1-3H3/t22-/m1/s1. The first-order valence-corrected chi connectivity index (χ1v) is 11.7. The van der Waals surface area contributed by atoms with Crippen molar-refractivity contribution >= 4 is 35.0 Å². The fourth-order valence-corrected chi connectivity index (χ4v) is 4.23. The van der Waals surface area contributed by atoms with Gasteiger partial charge in [-0.15, -0.1) is 10.2 Å². The fraction of sp³-hybridized carbons (Fsp3) is 0.261. The van der Waals surface area contributed by atoms with Gasteiger partial charge in [0, 0.05) is 37.3 Å². The number of carbonyl (C=O) groups excluding carboxylic acids is 2. The second-order valence-electron chi connectivity index (χ2n) is 7.55. The van der Waals surface area contributed by atoms with Crippen molar-refractivity contribution in [1.82, 2.24) is 15.2 Å². The SMILES string of the molecule is CCCSc1nnc2c(n1)O[C@H](c1cc([N+](=O)[O-])ccc1OC(C)=O)N(C(C)=O)c1ccccc1-2. The number of thioether (sulfide) groups is 1. The van der Waals surface area contributed by atoms with Gasteiger partial charge in [-0.3, -0.25) is 24.6 Å². The number of benzene rings is 2. The number of ether oxygens (including phenoxy) is 2. The number of para-hydroxylation sites is 1. The molecule has 0 bridgehead atoms. The number of anilines is 1. The number of non-ortho nitro benzene ring substituents is 1. The molecule has 1 atom stereocenters. The van der Waals surface area contributed by atoms with Crippen molar-refractivity contribution in [3.05, 3.63) is 58.1 Å². The topological polar surface area (TPSA) is 138 Å². The van der Waals surface area contributed by atoms with Crippen LogP contribution >= 0.6 is 11.8 Å². The van der Waals surface area contributed by atoms with Gasteiger partial charge in [-0.25, -0.2) is 0 Å². The molecule has 0 spiro atoms. The summed E-state index contributed by atoms with van der Waals surface area (Å²) in [5.74, 6) is -0.167. The summed E-state index contributed by atoms with van der Waals surface area (Å²) in [5.41, 5.74) is 1.14. The van der Waals surface area contributed by atoms with E-state index in [1.165, 1.54) is 48.7 Å². The maximum atomic E-state index is 13.0. The average Bonchev–Trinajstić information content (AvgIpc) is 2.96. The fourth-order valence-electron chi connectivity index (χ4n) is 3.60. The molecule has 35 heavy (non-hydrogen) atoms. The van der Waals surface area contributed by atoms with Crippen LogP contribution in [0, 0.1) is 10.1 Å². The Balaban J connectivity index is 1.97. The lowest BCUT2D eigenvalue weighted by Crippen LogP contribution is -2.36.